The minimum Gasteiger partial charge on any atom is -0.398 e. The van der Waals surface area contributed by atoms with Crippen molar-refractivity contribution in [2.45, 2.75) is 64.3 Å². The Labute approximate surface area is 129 Å². The quantitative estimate of drug-likeness (QED) is 0.591. The summed E-state index contributed by atoms with van der Waals surface area (Å²) in [6.07, 6.45) is 3.80. The molecule has 0 bridgehead atoms. The van der Waals surface area contributed by atoms with Crippen LogP contribution in [0.15, 0.2) is 23.1 Å². The van der Waals surface area contributed by atoms with Crippen molar-refractivity contribution >= 4 is 15.7 Å². The lowest BCUT2D eigenvalue weighted by atomic mass is 10.1. The van der Waals surface area contributed by atoms with E-state index < -0.39 is 10.0 Å². The molecule has 0 saturated carbocycles. The summed E-state index contributed by atoms with van der Waals surface area (Å²) in [5, 5.41) is 0. The lowest BCUT2D eigenvalue weighted by Crippen LogP contribution is -2.37. The van der Waals surface area contributed by atoms with E-state index in [9.17, 15) is 8.42 Å². The predicted molar refractivity (Wildman–Crippen MR) is 88.8 cm³/mol. The Morgan fingerprint density at radius 3 is 2.33 bits per heavy atom. The highest BCUT2D eigenvalue weighted by molar-refractivity contribution is 7.89. The molecular formula is C16H28N2O2S. The molecule has 0 aliphatic heterocycles. The van der Waals surface area contributed by atoms with Gasteiger partial charge in [-0.05, 0) is 44.4 Å². The molecular weight excluding hydrogens is 284 g/mol. The van der Waals surface area contributed by atoms with Crippen molar-refractivity contribution in [2.24, 2.45) is 0 Å². The van der Waals surface area contributed by atoms with Crippen molar-refractivity contribution in [1.29, 1.82) is 0 Å². The Kier molecular flexibility index (Phi) is 6.68. The van der Waals surface area contributed by atoms with Crippen molar-refractivity contribution in [3.63, 3.8) is 0 Å². The maximum absolute atomic E-state index is 12.8. The fourth-order valence-corrected chi connectivity index (χ4v) is 4.08. The Morgan fingerprint density at radius 1 is 1.19 bits per heavy atom. The van der Waals surface area contributed by atoms with E-state index >= 15 is 0 Å². The number of nitrogens with zero attached hydrogens (tertiary/aromatic N) is 1. The first-order valence-corrected chi connectivity index (χ1v) is 9.18. The van der Waals surface area contributed by atoms with Gasteiger partial charge in [0, 0.05) is 18.3 Å². The van der Waals surface area contributed by atoms with Crippen molar-refractivity contribution in [2.75, 3.05) is 12.3 Å². The molecule has 4 nitrogen and oxygen atoms in total. The molecule has 5 heteroatoms. The van der Waals surface area contributed by atoms with Gasteiger partial charge in [-0.25, -0.2) is 8.42 Å². The summed E-state index contributed by atoms with van der Waals surface area (Å²) in [5.74, 6) is 0. The highest BCUT2D eigenvalue weighted by Gasteiger charge is 2.26. The number of unbranched alkanes of at least 4 members (excludes halogenated alkanes) is 2. The summed E-state index contributed by atoms with van der Waals surface area (Å²) < 4.78 is 27.2. The van der Waals surface area contributed by atoms with Crippen LogP contribution in [-0.4, -0.2) is 25.3 Å². The van der Waals surface area contributed by atoms with Gasteiger partial charge in [0.05, 0.1) is 4.90 Å². The van der Waals surface area contributed by atoms with Crippen LogP contribution in [-0.2, 0) is 16.4 Å². The van der Waals surface area contributed by atoms with Crippen LogP contribution in [0, 0.1) is 0 Å². The van der Waals surface area contributed by atoms with Gasteiger partial charge >= 0.3 is 0 Å². The molecule has 0 aliphatic carbocycles. The topological polar surface area (TPSA) is 63.4 Å². The van der Waals surface area contributed by atoms with Crippen molar-refractivity contribution in [3.8, 4) is 0 Å². The maximum atomic E-state index is 12.8. The fraction of sp³-hybridized carbons (Fsp3) is 0.625. The van der Waals surface area contributed by atoms with Gasteiger partial charge in [0.2, 0.25) is 10.0 Å². The highest BCUT2D eigenvalue weighted by Crippen LogP contribution is 2.23. The lowest BCUT2D eigenvalue weighted by molar-refractivity contribution is 0.345. The first kappa shape index (κ1) is 18.0. The molecule has 0 atom stereocenters. The summed E-state index contributed by atoms with van der Waals surface area (Å²) >= 11 is 0. The summed E-state index contributed by atoms with van der Waals surface area (Å²) in [6.45, 7) is 8.49. The van der Waals surface area contributed by atoms with Crippen LogP contribution in [0.3, 0.4) is 0 Å². The zero-order valence-electron chi connectivity index (χ0n) is 13.6. The van der Waals surface area contributed by atoms with Crippen LogP contribution in [0.4, 0.5) is 5.69 Å². The summed E-state index contributed by atoms with van der Waals surface area (Å²) in [6, 6.07) is 5.01. The summed E-state index contributed by atoms with van der Waals surface area (Å²) in [4.78, 5) is 0.294. The van der Waals surface area contributed by atoms with Gasteiger partial charge in [0.1, 0.15) is 0 Å². The monoisotopic (exact) mass is 312 g/mol. The number of hydrogen-bond donors (Lipinski definition) is 1. The zero-order valence-corrected chi connectivity index (χ0v) is 14.4. The van der Waals surface area contributed by atoms with Crippen LogP contribution in [0.25, 0.3) is 0 Å². The Bertz CT molecular complexity index is 553. The van der Waals surface area contributed by atoms with Crippen LogP contribution in [0.2, 0.25) is 0 Å². The first-order chi connectivity index (χ1) is 9.84. The average molecular weight is 312 g/mol. The average Bonchev–Trinajstić information content (AvgIpc) is 2.42. The molecule has 21 heavy (non-hydrogen) atoms. The molecule has 0 fully saturated rings. The van der Waals surface area contributed by atoms with Gasteiger partial charge in [-0.1, -0.05) is 32.8 Å². The molecule has 1 aromatic rings. The third-order valence-electron chi connectivity index (χ3n) is 3.66. The second kappa shape index (κ2) is 7.80. The van der Waals surface area contributed by atoms with E-state index in [1.165, 1.54) is 0 Å². The van der Waals surface area contributed by atoms with Gasteiger partial charge < -0.3 is 5.73 Å². The SMILES string of the molecule is CCCCCN(C(C)C)S(=O)(=O)c1ccc(CC)c(N)c1. The van der Waals surface area contributed by atoms with Crippen LogP contribution >= 0.6 is 0 Å². The number of nitrogens with two attached hydrogens (primary N) is 1. The Morgan fingerprint density at radius 2 is 1.86 bits per heavy atom. The number of anilines is 1. The van der Waals surface area contributed by atoms with Crippen LogP contribution in [0.1, 0.15) is 52.5 Å². The van der Waals surface area contributed by atoms with Gasteiger partial charge in [0.25, 0.3) is 0 Å². The lowest BCUT2D eigenvalue weighted by Gasteiger charge is -2.26. The number of benzene rings is 1. The van der Waals surface area contributed by atoms with Crippen molar-refractivity contribution in [1.82, 2.24) is 4.31 Å². The predicted octanol–water partition coefficient (Wildman–Crippen LogP) is 3.42. The molecule has 0 heterocycles. The highest BCUT2D eigenvalue weighted by atomic mass is 32.2. The molecule has 120 valence electrons. The van der Waals surface area contributed by atoms with Crippen LogP contribution in [0.5, 0.6) is 0 Å². The number of hydrogen-bond acceptors (Lipinski definition) is 3. The number of rotatable bonds is 8. The molecule has 0 saturated heterocycles. The fourth-order valence-electron chi connectivity index (χ4n) is 2.36. The van der Waals surface area contributed by atoms with E-state index in [4.69, 9.17) is 5.73 Å². The second-order valence-corrected chi connectivity index (χ2v) is 7.52. The third kappa shape index (κ3) is 4.45. The zero-order chi connectivity index (χ0) is 16.0. The van der Waals surface area contributed by atoms with Gasteiger partial charge in [-0.15, -0.1) is 0 Å². The molecule has 0 aromatic heterocycles. The summed E-state index contributed by atoms with van der Waals surface area (Å²) in [5.41, 5.74) is 7.48. The molecule has 0 radical (unpaired) electrons. The van der Waals surface area contributed by atoms with E-state index in [1.807, 2.05) is 26.8 Å². The molecule has 2 N–H and O–H groups in total. The second-order valence-electron chi connectivity index (χ2n) is 5.63. The van der Waals surface area contributed by atoms with Gasteiger partial charge in [-0.3, -0.25) is 0 Å². The number of aryl methyl sites for hydroxylation is 1. The van der Waals surface area contributed by atoms with Crippen molar-refractivity contribution < 1.29 is 8.42 Å². The normalized spacial score (nSPS) is 12.3. The maximum Gasteiger partial charge on any atom is 0.243 e. The minimum atomic E-state index is -3.47. The van der Waals surface area contributed by atoms with E-state index in [0.29, 0.717) is 17.1 Å². The van der Waals surface area contributed by atoms with Gasteiger partial charge in [0.15, 0.2) is 0 Å². The number of nitrogen functional groups attached to an aromatic ring is 1. The molecule has 1 rings (SSSR count). The Balaban J connectivity index is 3.08. The summed E-state index contributed by atoms with van der Waals surface area (Å²) in [7, 11) is -3.47. The molecule has 0 spiro atoms. The smallest absolute Gasteiger partial charge is 0.243 e. The van der Waals surface area contributed by atoms with E-state index in [0.717, 1.165) is 31.2 Å². The Hall–Kier alpha value is -1.07. The molecule has 0 aliphatic rings. The van der Waals surface area contributed by atoms with E-state index in [1.54, 1.807) is 16.4 Å². The van der Waals surface area contributed by atoms with Crippen molar-refractivity contribution in [3.05, 3.63) is 23.8 Å². The first-order valence-electron chi connectivity index (χ1n) is 7.74. The largest absolute Gasteiger partial charge is 0.398 e. The molecule has 0 unspecified atom stereocenters. The van der Waals surface area contributed by atoms with E-state index in [-0.39, 0.29) is 6.04 Å². The number of sulfonamides is 1. The van der Waals surface area contributed by atoms with Gasteiger partial charge in [-0.2, -0.15) is 4.31 Å². The third-order valence-corrected chi connectivity index (χ3v) is 5.73. The van der Waals surface area contributed by atoms with E-state index in [2.05, 4.69) is 6.92 Å². The minimum absolute atomic E-state index is 0.0565. The molecule has 0 amide bonds. The van der Waals surface area contributed by atoms with Crippen LogP contribution < -0.4 is 5.73 Å². The molecule has 1 aromatic carbocycles. The standard InChI is InChI=1S/C16H28N2O2S/c1-5-7-8-11-18(13(3)4)21(19,20)15-10-9-14(6-2)16(17)12-15/h9-10,12-13H,5-8,11,17H2,1-4H3.